The van der Waals surface area contributed by atoms with Gasteiger partial charge in [-0.05, 0) is 35.7 Å². The lowest BCUT2D eigenvalue weighted by atomic mass is 10.1. The molecule has 1 aliphatic carbocycles. The number of anilines is 1. The summed E-state index contributed by atoms with van der Waals surface area (Å²) in [6.07, 6.45) is 4.52. The molecule has 0 spiro atoms. The van der Waals surface area contributed by atoms with Crippen LogP contribution in [0, 0.1) is 0 Å². The van der Waals surface area contributed by atoms with E-state index in [1.807, 2.05) is 36.4 Å². The van der Waals surface area contributed by atoms with Crippen molar-refractivity contribution in [1.29, 1.82) is 0 Å². The van der Waals surface area contributed by atoms with E-state index in [4.69, 9.17) is 0 Å². The van der Waals surface area contributed by atoms with Crippen LogP contribution in [0.5, 0.6) is 0 Å². The minimum atomic E-state index is -0.225. The van der Waals surface area contributed by atoms with Gasteiger partial charge < -0.3 is 5.32 Å². The second-order valence-corrected chi connectivity index (χ2v) is 8.93. The number of thioether (sulfide) groups is 1. The maximum atomic E-state index is 12.5. The Morgan fingerprint density at radius 3 is 2.68 bits per heavy atom. The molecular weight excluding hydrogens is 392 g/mol. The van der Waals surface area contributed by atoms with Crippen molar-refractivity contribution in [1.82, 2.24) is 15.5 Å². The Labute approximate surface area is 171 Å². The van der Waals surface area contributed by atoms with E-state index in [2.05, 4.69) is 20.8 Å². The van der Waals surface area contributed by atoms with Crippen LogP contribution in [0.1, 0.15) is 36.0 Å². The number of rotatable bonds is 6. The van der Waals surface area contributed by atoms with Crippen molar-refractivity contribution in [2.45, 2.75) is 36.1 Å². The Morgan fingerprint density at radius 1 is 1.07 bits per heavy atom. The van der Waals surface area contributed by atoms with E-state index in [-0.39, 0.29) is 11.8 Å². The summed E-state index contributed by atoms with van der Waals surface area (Å²) in [5, 5.41) is 16.4. The third-order valence-corrected chi connectivity index (χ3v) is 6.66. The van der Waals surface area contributed by atoms with Crippen molar-refractivity contribution in [3.05, 3.63) is 48.0 Å². The standard InChI is InChI=1S/C20H20N4O2S2/c25-17(21-16-7-3-4-8-16)12-27-20-24-23-19(28-20)22-18(26)15-10-9-13-5-1-2-6-14(13)11-15/h1-2,5-6,9-11,16H,3-4,7-8,12H2,(H,21,25)(H,22,23,26). The summed E-state index contributed by atoms with van der Waals surface area (Å²) in [6.45, 7) is 0. The number of amides is 2. The first kappa shape index (κ1) is 18.9. The zero-order valence-corrected chi connectivity index (χ0v) is 16.8. The number of fused-ring (bicyclic) bond motifs is 1. The molecule has 28 heavy (non-hydrogen) atoms. The van der Waals surface area contributed by atoms with E-state index in [9.17, 15) is 9.59 Å². The van der Waals surface area contributed by atoms with Crippen LogP contribution in [0.15, 0.2) is 46.8 Å². The summed E-state index contributed by atoms with van der Waals surface area (Å²) in [5.41, 5.74) is 0.569. The lowest BCUT2D eigenvalue weighted by Crippen LogP contribution is -2.33. The fraction of sp³-hybridized carbons (Fsp3) is 0.300. The molecule has 144 valence electrons. The molecule has 1 aromatic heterocycles. The average molecular weight is 413 g/mol. The molecule has 0 saturated heterocycles. The topological polar surface area (TPSA) is 84.0 Å². The molecule has 3 aromatic rings. The van der Waals surface area contributed by atoms with Gasteiger partial charge in [0.2, 0.25) is 11.0 Å². The molecule has 0 aliphatic heterocycles. The largest absolute Gasteiger partial charge is 0.353 e. The number of nitrogens with one attached hydrogen (secondary N) is 2. The first-order chi connectivity index (χ1) is 13.7. The molecular formula is C20H20N4O2S2. The van der Waals surface area contributed by atoms with Gasteiger partial charge in [-0.15, -0.1) is 10.2 Å². The first-order valence-electron chi connectivity index (χ1n) is 9.23. The maximum absolute atomic E-state index is 12.5. The molecule has 1 fully saturated rings. The second-order valence-electron chi connectivity index (χ2n) is 6.73. The summed E-state index contributed by atoms with van der Waals surface area (Å²) < 4.78 is 0.662. The number of nitrogens with zero attached hydrogens (tertiary/aromatic N) is 2. The van der Waals surface area contributed by atoms with Crippen molar-refractivity contribution in [2.75, 3.05) is 11.1 Å². The van der Waals surface area contributed by atoms with Gasteiger partial charge in [0.15, 0.2) is 4.34 Å². The predicted molar refractivity (Wildman–Crippen MR) is 113 cm³/mol. The molecule has 0 bridgehead atoms. The molecule has 0 radical (unpaired) electrons. The molecule has 0 unspecified atom stereocenters. The number of benzene rings is 2. The number of aromatic nitrogens is 2. The molecule has 2 amide bonds. The molecule has 4 rings (SSSR count). The van der Waals surface area contributed by atoms with E-state index >= 15 is 0 Å². The lowest BCUT2D eigenvalue weighted by molar-refractivity contribution is -0.119. The predicted octanol–water partition coefficient (Wildman–Crippen LogP) is 4.09. The Hall–Kier alpha value is -2.45. The van der Waals surface area contributed by atoms with Crippen LogP contribution < -0.4 is 10.6 Å². The van der Waals surface area contributed by atoms with Gasteiger partial charge in [-0.25, -0.2) is 0 Å². The van der Waals surface area contributed by atoms with Gasteiger partial charge in [-0.1, -0.05) is 66.3 Å². The third kappa shape index (κ3) is 4.69. The van der Waals surface area contributed by atoms with Crippen LogP contribution in [-0.4, -0.2) is 33.8 Å². The van der Waals surface area contributed by atoms with E-state index in [1.165, 1.54) is 35.9 Å². The minimum Gasteiger partial charge on any atom is -0.353 e. The second kappa shape index (κ2) is 8.70. The number of hydrogen-bond donors (Lipinski definition) is 2. The van der Waals surface area contributed by atoms with Crippen LogP contribution in [0.4, 0.5) is 5.13 Å². The van der Waals surface area contributed by atoms with E-state index < -0.39 is 0 Å². The molecule has 0 atom stereocenters. The van der Waals surface area contributed by atoms with Crippen molar-refractivity contribution in [3.8, 4) is 0 Å². The molecule has 1 heterocycles. The Balaban J connectivity index is 1.32. The molecule has 6 nitrogen and oxygen atoms in total. The quantitative estimate of drug-likeness (QED) is 0.470. The van der Waals surface area contributed by atoms with Crippen molar-refractivity contribution in [3.63, 3.8) is 0 Å². The van der Waals surface area contributed by atoms with Crippen molar-refractivity contribution < 1.29 is 9.59 Å². The van der Waals surface area contributed by atoms with Crippen molar-refractivity contribution in [2.24, 2.45) is 0 Å². The smallest absolute Gasteiger partial charge is 0.257 e. The molecule has 1 aliphatic rings. The highest BCUT2D eigenvalue weighted by Gasteiger charge is 2.18. The Kier molecular flexibility index (Phi) is 5.87. The van der Waals surface area contributed by atoms with Gasteiger partial charge in [-0.3, -0.25) is 14.9 Å². The first-order valence-corrected chi connectivity index (χ1v) is 11.0. The zero-order valence-electron chi connectivity index (χ0n) is 15.2. The maximum Gasteiger partial charge on any atom is 0.257 e. The summed E-state index contributed by atoms with van der Waals surface area (Å²) in [5.74, 6) is 0.107. The average Bonchev–Trinajstić information content (AvgIpc) is 3.38. The highest BCUT2D eigenvalue weighted by Crippen LogP contribution is 2.26. The fourth-order valence-electron chi connectivity index (χ4n) is 3.29. The van der Waals surface area contributed by atoms with Crippen LogP contribution in [0.3, 0.4) is 0 Å². The third-order valence-electron chi connectivity index (χ3n) is 4.69. The lowest BCUT2D eigenvalue weighted by Gasteiger charge is -2.10. The van der Waals surface area contributed by atoms with Gasteiger partial charge in [0.1, 0.15) is 0 Å². The van der Waals surface area contributed by atoms with Crippen LogP contribution >= 0.6 is 23.1 Å². The van der Waals surface area contributed by atoms with Crippen LogP contribution in [0.25, 0.3) is 10.8 Å². The monoisotopic (exact) mass is 412 g/mol. The highest BCUT2D eigenvalue weighted by atomic mass is 32.2. The van der Waals surface area contributed by atoms with Crippen LogP contribution in [-0.2, 0) is 4.79 Å². The number of hydrogen-bond acceptors (Lipinski definition) is 6. The number of carbonyl (C=O) groups is 2. The highest BCUT2D eigenvalue weighted by molar-refractivity contribution is 8.01. The van der Waals surface area contributed by atoms with E-state index in [0.29, 0.717) is 26.8 Å². The summed E-state index contributed by atoms with van der Waals surface area (Å²) in [4.78, 5) is 24.5. The Bertz CT molecular complexity index is 999. The summed E-state index contributed by atoms with van der Waals surface area (Å²) in [7, 11) is 0. The van der Waals surface area contributed by atoms with Gasteiger partial charge in [-0.2, -0.15) is 0 Å². The molecule has 8 heteroatoms. The fourth-order valence-corrected chi connectivity index (χ4v) is 4.84. The summed E-state index contributed by atoms with van der Waals surface area (Å²) in [6, 6.07) is 13.8. The molecule has 1 saturated carbocycles. The van der Waals surface area contributed by atoms with Crippen LogP contribution in [0.2, 0.25) is 0 Å². The van der Waals surface area contributed by atoms with Crippen molar-refractivity contribution >= 4 is 50.8 Å². The normalized spacial score (nSPS) is 14.3. The number of carbonyl (C=O) groups excluding carboxylic acids is 2. The van der Waals surface area contributed by atoms with E-state index in [0.717, 1.165) is 23.6 Å². The van der Waals surface area contributed by atoms with E-state index in [1.54, 1.807) is 6.07 Å². The van der Waals surface area contributed by atoms with Gasteiger partial charge in [0, 0.05) is 11.6 Å². The van der Waals surface area contributed by atoms with Gasteiger partial charge >= 0.3 is 0 Å². The Morgan fingerprint density at radius 2 is 1.86 bits per heavy atom. The minimum absolute atomic E-state index is 0.0221. The molecule has 2 N–H and O–H groups in total. The summed E-state index contributed by atoms with van der Waals surface area (Å²) >= 11 is 2.61. The van der Waals surface area contributed by atoms with Gasteiger partial charge in [0.05, 0.1) is 5.75 Å². The molecule has 2 aromatic carbocycles. The SMILES string of the molecule is O=C(CSc1nnc(NC(=O)c2ccc3ccccc3c2)s1)NC1CCCC1. The van der Waals surface area contributed by atoms with Gasteiger partial charge in [0.25, 0.3) is 5.91 Å². The zero-order chi connectivity index (χ0) is 19.3.